The zero-order valence-electron chi connectivity index (χ0n) is 18.1. The maximum absolute atomic E-state index is 13.1. The molecule has 1 aliphatic heterocycles. The predicted octanol–water partition coefficient (Wildman–Crippen LogP) is 3.04. The number of H-pyrrole nitrogens is 1. The minimum atomic E-state index is -4.97. The Hall–Kier alpha value is -2.34. The van der Waals surface area contributed by atoms with Crippen LogP contribution in [0.1, 0.15) is 34.5 Å². The average molecular weight is 523 g/mol. The quantitative estimate of drug-likeness (QED) is 0.515. The fraction of sp³-hybridized carbons (Fsp3) is 0.476. The zero-order chi connectivity index (χ0) is 25.0. The molecule has 1 saturated heterocycles. The molecule has 0 spiro atoms. The Kier molecular flexibility index (Phi) is 8.45. The number of aliphatic hydroxyl groups excluding tert-OH is 1. The minimum absolute atomic E-state index is 0.0697. The van der Waals surface area contributed by atoms with Gasteiger partial charge in [-0.2, -0.15) is 18.2 Å². The molecular formula is C21H23Cl2F3N4O4. The van der Waals surface area contributed by atoms with E-state index in [4.69, 9.17) is 27.9 Å². The summed E-state index contributed by atoms with van der Waals surface area (Å²) in [7, 11) is 0. The summed E-state index contributed by atoms with van der Waals surface area (Å²) in [4.78, 5) is 30.0. The van der Waals surface area contributed by atoms with Crippen LogP contribution in [0, 0.1) is 6.92 Å². The van der Waals surface area contributed by atoms with Crippen LogP contribution in [0.3, 0.4) is 0 Å². The van der Waals surface area contributed by atoms with Gasteiger partial charge in [0.1, 0.15) is 11.9 Å². The number of carbonyl (C=O) groups is 1. The molecule has 1 aliphatic rings. The van der Waals surface area contributed by atoms with Gasteiger partial charge in [0.25, 0.3) is 5.91 Å². The van der Waals surface area contributed by atoms with E-state index < -0.39 is 35.1 Å². The van der Waals surface area contributed by atoms with Crippen molar-refractivity contribution in [3.05, 3.63) is 55.7 Å². The van der Waals surface area contributed by atoms with Crippen LogP contribution in [-0.2, 0) is 6.18 Å². The number of aliphatic hydroxyl groups is 1. The van der Waals surface area contributed by atoms with Crippen molar-refractivity contribution in [2.24, 2.45) is 0 Å². The number of ether oxygens (including phenoxy) is 1. The summed E-state index contributed by atoms with van der Waals surface area (Å²) in [6, 6.07) is 3.44. The molecule has 3 rings (SSSR count). The Morgan fingerprint density at radius 2 is 2.03 bits per heavy atom. The number of rotatable bonds is 7. The molecule has 1 aromatic carbocycles. The number of nitrogens with one attached hydrogen (secondary N) is 2. The van der Waals surface area contributed by atoms with E-state index in [2.05, 4.69) is 10.3 Å². The molecule has 0 bridgehead atoms. The smallest absolute Gasteiger partial charge is 0.434 e. The number of aromatic nitrogens is 2. The van der Waals surface area contributed by atoms with Gasteiger partial charge in [-0.25, -0.2) is 4.79 Å². The highest BCUT2D eigenvalue weighted by molar-refractivity contribution is 6.36. The third kappa shape index (κ3) is 6.62. The molecule has 2 aromatic rings. The van der Waals surface area contributed by atoms with Gasteiger partial charge in [-0.1, -0.05) is 23.2 Å². The van der Waals surface area contributed by atoms with Crippen LogP contribution in [-0.4, -0.2) is 64.3 Å². The fourth-order valence-electron chi connectivity index (χ4n) is 3.57. The SMILES string of the molecule is Cc1c(Cl)ccc(OC2CCN(C[C@H](O)CNC(=O)c3c[nH]c(=O)nc3C(F)(F)F)CC2)c1Cl. The van der Waals surface area contributed by atoms with Gasteiger partial charge in [-0.15, -0.1) is 0 Å². The van der Waals surface area contributed by atoms with E-state index in [-0.39, 0.29) is 19.2 Å². The van der Waals surface area contributed by atoms with Crippen LogP contribution in [0.4, 0.5) is 13.2 Å². The van der Waals surface area contributed by atoms with Crippen molar-refractivity contribution < 1.29 is 27.8 Å². The first-order chi connectivity index (χ1) is 16.0. The van der Waals surface area contributed by atoms with Gasteiger partial charge < -0.3 is 25.0 Å². The number of carbonyl (C=O) groups excluding carboxylic acids is 1. The molecule has 0 saturated carbocycles. The summed E-state index contributed by atoms with van der Waals surface area (Å²) in [6.07, 6.45) is -4.05. The number of piperidine rings is 1. The number of alkyl halides is 3. The summed E-state index contributed by atoms with van der Waals surface area (Å²) in [6.45, 7) is 2.97. The highest BCUT2D eigenvalue weighted by atomic mass is 35.5. The molecule has 13 heteroatoms. The van der Waals surface area contributed by atoms with Crippen molar-refractivity contribution in [2.75, 3.05) is 26.2 Å². The molecule has 1 aromatic heterocycles. The normalized spacial score (nSPS) is 16.3. The molecule has 1 atom stereocenters. The molecule has 2 heterocycles. The van der Waals surface area contributed by atoms with E-state index in [0.717, 1.165) is 5.56 Å². The van der Waals surface area contributed by atoms with Crippen molar-refractivity contribution in [1.29, 1.82) is 0 Å². The Labute approximate surface area is 203 Å². The topological polar surface area (TPSA) is 108 Å². The fourth-order valence-corrected chi connectivity index (χ4v) is 3.99. The van der Waals surface area contributed by atoms with Crippen LogP contribution >= 0.6 is 23.2 Å². The lowest BCUT2D eigenvalue weighted by Crippen LogP contribution is -2.45. The molecule has 3 N–H and O–H groups in total. The molecule has 1 fully saturated rings. The molecule has 8 nitrogen and oxygen atoms in total. The highest BCUT2D eigenvalue weighted by Gasteiger charge is 2.38. The van der Waals surface area contributed by atoms with Crippen molar-refractivity contribution >= 4 is 29.1 Å². The molecule has 0 unspecified atom stereocenters. The van der Waals surface area contributed by atoms with Gasteiger partial charge in [0.2, 0.25) is 0 Å². The molecular weight excluding hydrogens is 500 g/mol. The first-order valence-corrected chi connectivity index (χ1v) is 11.2. The molecule has 34 heavy (non-hydrogen) atoms. The molecule has 0 aliphatic carbocycles. The molecule has 1 amide bonds. The van der Waals surface area contributed by atoms with Crippen LogP contribution in [0.15, 0.2) is 23.1 Å². The van der Waals surface area contributed by atoms with Crippen molar-refractivity contribution in [3.8, 4) is 5.75 Å². The Morgan fingerprint density at radius 1 is 1.35 bits per heavy atom. The third-order valence-electron chi connectivity index (χ3n) is 5.40. The first-order valence-electron chi connectivity index (χ1n) is 10.4. The van der Waals surface area contributed by atoms with Crippen LogP contribution < -0.4 is 15.7 Å². The summed E-state index contributed by atoms with van der Waals surface area (Å²) >= 11 is 12.3. The number of halogens is 5. The predicted molar refractivity (Wildman–Crippen MR) is 119 cm³/mol. The summed E-state index contributed by atoms with van der Waals surface area (Å²) in [5, 5.41) is 13.5. The number of nitrogens with zero attached hydrogens (tertiary/aromatic N) is 2. The monoisotopic (exact) mass is 522 g/mol. The van der Waals surface area contributed by atoms with Gasteiger partial charge >= 0.3 is 11.9 Å². The van der Waals surface area contributed by atoms with Crippen molar-refractivity contribution in [1.82, 2.24) is 20.2 Å². The lowest BCUT2D eigenvalue weighted by Gasteiger charge is -2.33. The van der Waals surface area contributed by atoms with Gasteiger partial charge in [0.15, 0.2) is 5.69 Å². The minimum Gasteiger partial charge on any atom is -0.489 e. The van der Waals surface area contributed by atoms with Crippen LogP contribution in [0.5, 0.6) is 5.75 Å². The van der Waals surface area contributed by atoms with E-state index in [0.29, 0.717) is 47.9 Å². The van der Waals surface area contributed by atoms with Crippen LogP contribution in [0.25, 0.3) is 0 Å². The number of hydrogen-bond acceptors (Lipinski definition) is 6. The molecule has 0 radical (unpaired) electrons. The largest absolute Gasteiger partial charge is 0.489 e. The first kappa shape index (κ1) is 26.3. The van der Waals surface area contributed by atoms with E-state index >= 15 is 0 Å². The van der Waals surface area contributed by atoms with Crippen molar-refractivity contribution in [3.63, 3.8) is 0 Å². The number of hydrogen-bond donors (Lipinski definition) is 3. The maximum atomic E-state index is 13.1. The Morgan fingerprint density at radius 3 is 2.68 bits per heavy atom. The second-order valence-electron chi connectivity index (χ2n) is 7.93. The van der Waals surface area contributed by atoms with E-state index in [1.807, 2.05) is 9.88 Å². The lowest BCUT2D eigenvalue weighted by atomic mass is 10.1. The van der Waals surface area contributed by atoms with E-state index in [1.165, 1.54) is 0 Å². The standard InChI is InChI=1S/C21H23Cl2F3N4O4/c1-11-15(22)2-3-16(17(11)23)34-13-4-6-30(7-5-13)10-12(31)8-27-19(32)14-9-28-20(33)29-18(14)21(24,25)26/h2-3,9,12-13,31H,4-8,10H2,1H3,(H,27,32)(H,28,29,33)/t12-/m1/s1. The average Bonchev–Trinajstić information content (AvgIpc) is 2.78. The van der Waals surface area contributed by atoms with E-state index in [9.17, 15) is 27.9 Å². The summed E-state index contributed by atoms with van der Waals surface area (Å²) in [5.41, 5.74) is -2.89. The van der Waals surface area contributed by atoms with Gasteiger partial charge in [-0.05, 0) is 37.5 Å². The van der Waals surface area contributed by atoms with Gasteiger partial charge in [-0.3, -0.25) is 4.79 Å². The number of benzene rings is 1. The van der Waals surface area contributed by atoms with Gasteiger partial charge in [0.05, 0.1) is 16.7 Å². The third-order valence-corrected chi connectivity index (χ3v) is 6.28. The van der Waals surface area contributed by atoms with E-state index in [1.54, 1.807) is 19.1 Å². The summed E-state index contributed by atoms with van der Waals surface area (Å²) in [5.74, 6) is -0.544. The highest BCUT2D eigenvalue weighted by Crippen LogP contribution is 2.34. The Bertz CT molecular complexity index is 1090. The Balaban J connectivity index is 1.47. The van der Waals surface area contributed by atoms with Crippen molar-refractivity contribution in [2.45, 2.75) is 38.1 Å². The van der Waals surface area contributed by atoms with Gasteiger partial charge in [0, 0.05) is 37.4 Å². The second kappa shape index (κ2) is 10.9. The number of β-amino-alcohol motifs (C(OH)–C–C–N with tert-alkyl or cyclic N) is 1. The maximum Gasteiger partial charge on any atom is 0.434 e. The number of amides is 1. The zero-order valence-corrected chi connectivity index (χ0v) is 19.6. The number of aromatic amines is 1. The summed E-state index contributed by atoms with van der Waals surface area (Å²) < 4.78 is 45.1. The number of likely N-dealkylation sites (tertiary alicyclic amines) is 1. The second-order valence-corrected chi connectivity index (χ2v) is 8.72. The van der Waals surface area contributed by atoms with Crippen LogP contribution in [0.2, 0.25) is 10.0 Å². The molecule has 186 valence electrons. The lowest BCUT2D eigenvalue weighted by molar-refractivity contribution is -0.141.